The number of alkyl halides is 4. The molecule has 6 heteroatoms. The van der Waals surface area contributed by atoms with E-state index in [1.54, 1.807) is 0 Å². The highest BCUT2D eigenvalue weighted by Crippen LogP contribution is 2.37. The van der Waals surface area contributed by atoms with Gasteiger partial charge < -0.3 is 10.6 Å². The van der Waals surface area contributed by atoms with Crippen LogP contribution >= 0.6 is 0 Å². The van der Waals surface area contributed by atoms with Crippen LogP contribution in [0.2, 0.25) is 0 Å². The first-order valence-corrected chi connectivity index (χ1v) is 6.70. The van der Waals surface area contributed by atoms with E-state index in [-0.39, 0.29) is 17.3 Å². The number of hydrogen-bond donors (Lipinski definition) is 2. The molecular formula is C14H18F4N2. The maximum absolute atomic E-state index is 13.2. The minimum Gasteiger partial charge on any atom is -0.383 e. The second-order valence-electron chi connectivity index (χ2n) is 5.09. The van der Waals surface area contributed by atoms with Gasteiger partial charge in [0, 0.05) is 18.3 Å². The SMILES string of the molecule is CC(F)c1ccc(NCC2CCCN2)c(C(F)(F)F)c1. The number of anilines is 1. The standard InChI is InChI=1S/C14H18F4N2/c1-9(15)10-4-5-13(12(7-10)14(16,17)18)20-8-11-3-2-6-19-11/h4-5,7,9,11,19-20H,2-3,6,8H2,1H3. The molecular weight excluding hydrogens is 272 g/mol. The molecule has 0 saturated carbocycles. The summed E-state index contributed by atoms with van der Waals surface area (Å²) in [6, 6.07) is 3.78. The van der Waals surface area contributed by atoms with Crippen molar-refractivity contribution < 1.29 is 17.6 Å². The molecule has 1 aromatic rings. The molecule has 2 nitrogen and oxygen atoms in total. The van der Waals surface area contributed by atoms with E-state index in [4.69, 9.17) is 0 Å². The third kappa shape index (κ3) is 3.62. The smallest absolute Gasteiger partial charge is 0.383 e. The summed E-state index contributed by atoms with van der Waals surface area (Å²) in [6.45, 7) is 2.56. The Bertz CT molecular complexity index is 451. The molecule has 2 atom stereocenters. The van der Waals surface area contributed by atoms with Gasteiger partial charge in [-0.3, -0.25) is 0 Å². The van der Waals surface area contributed by atoms with Gasteiger partial charge in [-0.15, -0.1) is 0 Å². The summed E-state index contributed by atoms with van der Waals surface area (Å²) < 4.78 is 52.2. The lowest BCUT2D eigenvalue weighted by Gasteiger charge is -2.18. The van der Waals surface area contributed by atoms with Crippen molar-refractivity contribution in [2.45, 2.75) is 38.2 Å². The van der Waals surface area contributed by atoms with Gasteiger partial charge in [0.2, 0.25) is 0 Å². The molecule has 1 saturated heterocycles. The largest absolute Gasteiger partial charge is 0.418 e. The Balaban J connectivity index is 2.17. The van der Waals surface area contributed by atoms with E-state index >= 15 is 0 Å². The van der Waals surface area contributed by atoms with Gasteiger partial charge in [0.25, 0.3) is 0 Å². The molecule has 1 aliphatic rings. The zero-order valence-electron chi connectivity index (χ0n) is 11.2. The zero-order valence-corrected chi connectivity index (χ0v) is 11.2. The predicted octanol–water partition coefficient (Wildman–Crippen LogP) is 3.90. The first-order valence-electron chi connectivity index (χ1n) is 6.70. The zero-order chi connectivity index (χ0) is 14.8. The highest BCUT2D eigenvalue weighted by atomic mass is 19.4. The van der Waals surface area contributed by atoms with Crippen molar-refractivity contribution in [3.8, 4) is 0 Å². The quantitative estimate of drug-likeness (QED) is 0.822. The average Bonchev–Trinajstić information content (AvgIpc) is 2.88. The van der Waals surface area contributed by atoms with Crippen molar-refractivity contribution in [2.24, 2.45) is 0 Å². The monoisotopic (exact) mass is 290 g/mol. The third-order valence-electron chi connectivity index (χ3n) is 3.51. The molecule has 2 N–H and O–H groups in total. The second kappa shape index (κ2) is 5.99. The Morgan fingerprint density at radius 3 is 2.70 bits per heavy atom. The summed E-state index contributed by atoms with van der Waals surface area (Å²) in [7, 11) is 0. The summed E-state index contributed by atoms with van der Waals surface area (Å²) in [6.07, 6.45) is -3.91. The van der Waals surface area contributed by atoms with E-state index in [9.17, 15) is 17.6 Å². The number of hydrogen-bond acceptors (Lipinski definition) is 2. The van der Waals surface area contributed by atoms with E-state index in [1.807, 2.05) is 0 Å². The van der Waals surface area contributed by atoms with Crippen LogP contribution in [0.5, 0.6) is 0 Å². The topological polar surface area (TPSA) is 24.1 Å². The van der Waals surface area contributed by atoms with E-state index in [0.717, 1.165) is 25.5 Å². The van der Waals surface area contributed by atoms with Gasteiger partial charge in [0.1, 0.15) is 6.17 Å². The number of rotatable bonds is 4. The van der Waals surface area contributed by atoms with Crippen LogP contribution in [0.4, 0.5) is 23.2 Å². The van der Waals surface area contributed by atoms with Crippen LogP contribution < -0.4 is 10.6 Å². The molecule has 1 aliphatic heterocycles. The normalized spacial score (nSPS) is 20.9. The molecule has 112 valence electrons. The predicted molar refractivity (Wildman–Crippen MR) is 70.5 cm³/mol. The summed E-state index contributed by atoms with van der Waals surface area (Å²) in [5.41, 5.74) is -0.755. The molecule has 2 rings (SSSR count). The number of benzene rings is 1. The lowest BCUT2D eigenvalue weighted by Crippen LogP contribution is -2.30. The van der Waals surface area contributed by atoms with Crippen molar-refractivity contribution >= 4 is 5.69 Å². The molecule has 1 aromatic carbocycles. The van der Waals surface area contributed by atoms with E-state index < -0.39 is 17.9 Å². The van der Waals surface area contributed by atoms with Gasteiger partial charge >= 0.3 is 6.18 Å². The fourth-order valence-corrected chi connectivity index (χ4v) is 2.36. The summed E-state index contributed by atoms with van der Waals surface area (Å²) >= 11 is 0. The van der Waals surface area contributed by atoms with Crippen LogP contribution in [-0.2, 0) is 6.18 Å². The van der Waals surface area contributed by atoms with Gasteiger partial charge in [-0.2, -0.15) is 13.2 Å². The molecule has 0 radical (unpaired) electrons. The Morgan fingerprint density at radius 1 is 1.40 bits per heavy atom. The number of nitrogens with one attached hydrogen (secondary N) is 2. The Labute approximate surface area is 115 Å². The minimum absolute atomic E-state index is 0.00981. The molecule has 0 aromatic heterocycles. The first-order chi connectivity index (χ1) is 9.38. The highest BCUT2D eigenvalue weighted by molar-refractivity contribution is 5.54. The summed E-state index contributed by atoms with van der Waals surface area (Å²) in [5.74, 6) is 0. The van der Waals surface area contributed by atoms with Crippen LogP contribution in [0.15, 0.2) is 18.2 Å². The van der Waals surface area contributed by atoms with E-state index in [2.05, 4.69) is 10.6 Å². The molecule has 2 unspecified atom stereocenters. The minimum atomic E-state index is -4.49. The molecule has 0 spiro atoms. The molecule has 0 aliphatic carbocycles. The first kappa shape index (κ1) is 15.1. The Hall–Kier alpha value is -1.30. The van der Waals surface area contributed by atoms with Crippen molar-refractivity contribution in [3.63, 3.8) is 0 Å². The van der Waals surface area contributed by atoms with Crippen LogP contribution in [0, 0.1) is 0 Å². The average molecular weight is 290 g/mol. The van der Waals surface area contributed by atoms with E-state index in [0.29, 0.717) is 6.54 Å². The molecule has 0 amide bonds. The van der Waals surface area contributed by atoms with Gasteiger partial charge in [-0.25, -0.2) is 4.39 Å². The van der Waals surface area contributed by atoms with Gasteiger partial charge in [0.05, 0.1) is 5.56 Å². The van der Waals surface area contributed by atoms with Crippen molar-refractivity contribution in [1.82, 2.24) is 5.32 Å². The molecule has 20 heavy (non-hydrogen) atoms. The van der Waals surface area contributed by atoms with Crippen LogP contribution in [0.1, 0.15) is 37.1 Å². The molecule has 0 bridgehead atoms. The number of halogens is 4. The van der Waals surface area contributed by atoms with Crippen molar-refractivity contribution in [3.05, 3.63) is 29.3 Å². The second-order valence-corrected chi connectivity index (χ2v) is 5.09. The third-order valence-corrected chi connectivity index (χ3v) is 3.51. The Kier molecular flexibility index (Phi) is 4.52. The van der Waals surface area contributed by atoms with Gasteiger partial charge in [0.15, 0.2) is 0 Å². The van der Waals surface area contributed by atoms with Gasteiger partial charge in [-0.1, -0.05) is 6.07 Å². The molecule has 1 heterocycles. The fraction of sp³-hybridized carbons (Fsp3) is 0.571. The summed E-state index contributed by atoms with van der Waals surface area (Å²) in [4.78, 5) is 0. The van der Waals surface area contributed by atoms with Crippen LogP contribution in [-0.4, -0.2) is 19.1 Å². The lowest BCUT2D eigenvalue weighted by atomic mass is 10.0. The maximum Gasteiger partial charge on any atom is 0.418 e. The van der Waals surface area contributed by atoms with Gasteiger partial charge in [-0.05, 0) is 44.0 Å². The summed E-state index contributed by atoms with van der Waals surface area (Å²) in [5, 5.41) is 6.03. The van der Waals surface area contributed by atoms with Crippen LogP contribution in [0.25, 0.3) is 0 Å². The van der Waals surface area contributed by atoms with E-state index in [1.165, 1.54) is 19.1 Å². The van der Waals surface area contributed by atoms with Crippen molar-refractivity contribution in [2.75, 3.05) is 18.4 Å². The highest BCUT2D eigenvalue weighted by Gasteiger charge is 2.34. The van der Waals surface area contributed by atoms with Crippen molar-refractivity contribution in [1.29, 1.82) is 0 Å². The maximum atomic E-state index is 13.2. The lowest BCUT2D eigenvalue weighted by molar-refractivity contribution is -0.137. The Morgan fingerprint density at radius 2 is 2.15 bits per heavy atom. The fourth-order valence-electron chi connectivity index (χ4n) is 2.36. The molecule has 1 fully saturated rings. The van der Waals surface area contributed by atoms with Crippen LogP contribution in [0.3, 0.4) is 0 Å².